The van der Waals surface area contributed by atoms with Gasteiger partial charge in [-0.1, -0.05) is 13.8 Å². The van der Waals surface area contributed by atoms with Crippen LogP contribution in [-0.4, -0.2) is 28.6 Å². The summed E-state index contributed by atoms with van der Waals surface area (Å²) < 4.78 is 0. The molecule has 6 nitrogen and oxygen atoms in total. The summed E-state index contributed by atoms with van der Waals surface area (Å²) in [7, 11) is 0. The van der Waals surface area contributed by atoms with Gasteiger partial charge in [-0.25, -0.2) is 9.78 Å². The smallest absolute Gasteiger partial charge is 0.315 e. The molecule has 0 aromatic carbocycles. The van der Waals surface area contributed by atoms with Crippen LogP contribution in [0.5, 0.6) is 0 Å². The number of nitrogens with one attached hydrogen (secondary N) is 2. The second-order valence-corrected chi connectivity index (χ2v) is 5.54. The number of carboxylic acid groups (broad SMARTS) is 1. The molecule has 0 aliphatic rings. The number of carbonyl (C=O) groups is 2. The lowest BCUT2D eigenvalue weighted by atomic mass is 10.1. The van der Waals surface area contributed by atoms with E-state index in [-0.39, 0.29) is 18.4 Å². The number of thiazole rings is 1. The van der Waals surface area contributed by atoms with Crippen molar-refractivity contribution in [2.45, 2.75) is 33.2 Å². The fraction of sp³-hybridized carbons (Fsp3) is 0.583. The van der Waals surface area contributed by atoms with Crippen molar-refractivity contribution in [3.8, 4) is 0 Å². The maximum atomic E-state index is 11.5. The van der Waals surface area contributed by atoms with Gasteiger partial charge in [0.05, 0.1) is 6.54 Å². The predicted octanol–water partition coefficient (Wildman–Crippen LogP) is 1.62. The highest BCUT2D eigenvalue weighted by atomic mass is 32.1. The van der Waals surface area contributed by atoms with E-state index in [2.05, 4.69) is 22.5 Å². The van der Waals surface area contributed by atoms with Crippen LogP contribution < -0.4 is 10.6 Å². The third-order valence-electron chi connectivity index (χ3n) is 2.48. The molecule has 0 fully saturated rings. The Hall–Kier alpha value is -1.63. The molecule has 1 heterocycles. The van der Waals surface area contributed by atoms with E-state index >= 15 is 0 Å². The standard InChI is InChI=1S/C12H19N3O3S/c1-3-9-6-13-10(19-9)7-15-12(18)14-5-8(2)4-11(16)17/h6,8H,3-5,7H2,1-2H3,(H,16,17)(H2,14,15,18). The quantitative estimate of drug-likeness (QED) is 0.710. The molecular weight excluding hydrogens is 266 g/mol. The third kappa shape index (κ3) is 6.19. The highest BCUT2D eigenvalue weighted by Gasteiger charge is 2.09. The second-order valence-electron chi connectivity index (χ2n) is 4.34. The van der Waals surface area contributed by atoms with Gasteiger partial charge in [-0.15, -0.1) is 11.3 Å². The SMILES string of the molecule is CCc1cnc(CNC(=O)NCC(C)CC(=O)O)s1. The Kier molecular flexibility index (Phi) is 6.27. The Balaban J connectivity index is 2.22. The van der Waals surface area contributed by atoms with E-state index in [9.17, 15) is 9.59 Å². The van der Waals surface area contributed by atoms with Gasteiger partial charge in [-0.05, 0) is 12.3 Å². The zero-order chi connectivity index (χ0) is 14.3. The summed E-state index contributed by atoms with van der Waals surface area (Å²) in [6.45, 7) is 4.57. The molecule has 1 aromatic rings. The molecule has 0 spiro atoms. The molecule has 19 heavy (non-hydrogen) atoms. The molecule has 1 rings (SSSR count). The zero-order valence-electron chi connectivity index (χ0n) is 11.1. The summed E-state index contributed by atoms with van der Waals surface area (Å²) in [6, 6.07) is -0.300. The van der Waals surface area contributed by atoms with Crippen LogP contribution in [0.2, 0.25) is 0 Å². The molecule has 1 unspecified atom stereocenters. The number of carboxylic acids is 1. The number of urea groups is 1. The van der Waals surface area contributed by atoms with E-state index in [0.717, 1.165) is 11.4 Å². The van der Waals surface area contributed by atoms with Crippen LogP contribution in [0.3, 0.4) is 0 Å². The molecule has 0 bridgehead atoms. The lowest BCUT2D eigenvalue weighted by molar-refractivity contribution is -0.137. The lowest BCUT2D eigenvalue weighted by Gasteiger charge is -2.10. The van der Waals surface area contributed by atoms with Crippen molar-refractivity contribution in [1.82, 2.24) is 15.6 Å². The average molecular weight is 285 g/mol. The molecule has 0 aliphatic heterocycles. The topological polar surface area (TPSA) is 91.3 Å². The highest BCUT2D eigenvalue weighted by molar-refractivity contribution is 7.11. The normalized spacial score (nSPS) is 11.9. The largest absolute Gasteiger partial charge is 0.481 e. The minimum atomic E-state index is -0.857. The molecular formula is C12H19N3O3S. The molecule has 0 radical (unpaired) electrons. The summed E-state index contributed by atoms with van der Waals surface area (Å²) in [5, 5.41) is 14.8. The van der Waals surface area contributed by atoms with Crippen LogP contribution in [0.15, 0.2) is 6.20 Å². The van der Waals surface area contributed by atoms with Gasteiger partial charge in [0.25, 0.3) is 0 Å². The highest BCUT2D eigenvalue weighted by Crippen LogP contribution is 2.12. The van der Waals surface area contributed by atoms with Crippen molar-refractivity contribution in [1.29, 1.82) is 0 Å². The molecule has 0 saturated carbocycles. The summed E-state index contributed by atoms with van der Waals surface area (Å²) in [5.41, 5.74) is 0. The van der Waals surface area contributed by atoms with Gasteiger partial charge < -0.3 is 15.7 Å². The number of rotatable bonds is 7. The molecule has 0 aliphatic carbocycles. The maximum absolute atomic E-state index is 11.5. The van der Waals surface area contributed by atoms with Crippen molar-refractivity contribution in [3.05, 3.63) is 16.1 Å². The van der Waals surface area contributed by atoms with E-state index in [1.165, 1.54) is 4.88 Å². The van der Waals surface area contributed by atoms with E-state index in [0.29, 0.717) is 13.1 Å². The van der Waals surface area contributed by atoms with Crippen molar-refractivity contribution >= 4 is 23.3 Å². The van der Waals surface area contributed by atoms with Crippen molar-refractivity contribution in [3.63, 3.8) is 0 Å². The summed E-state index contributed by atoms with van der Waals surface area (Å²) in [5.74, 6) is -0.945. The molecule has 2 amide bonds. The molecule has 1 atom stereocenters. The number of carbonyl (C=O) groups excluding carboxylic acids is 1. The van der Waals surface area contributed by atoms with E-state index in [1.807, 2.05) is 6.20 Å². The van der Waals surface area contributed by atoms with Crippen LogP contribution in [0.1, 0.15) is 30.2 Å². The zero-order valence-corrected chi connectivity index (χ0v) is 11.9. The Bertz CT molecular complexity index is 434. The average Bonchev–Trinajstić information content (AvgIpc) is 2.81. The number of aromatic nitrogens is 1. The van der Waals surface area contributed by atoms with Gasteiger partial charge in [0, 0.05) is 24.0 Å². The van der Waals surface area contributed by atoms with Gasteiger partial charge >= 0.3 is 12.0 Å². The van der Waals surface area contributed by atoms with Gasteiger partial charge in [0.15, 0.2) is 0 Å². The molecule has 7 heteroatoms. The number of aliphatic carboxylic acids is 1. The van der Waals surface area contributed by atoms with Crippen LogP contribution in [0.25, 0.3) is 0 Å². The maximum Gasteiger partial charge on any atom is 0.315 e. The Labute approximate surface area is 116 Å². The van der Waals surface area contributed by atoms with Crippen molar-refractivity contribution in [2.75, 3.05) is 6.54 Å². The first-order valence-corrected chi connectivity index (χ1v) is 7.00. The summed E-state index contributed by atoms with van der Waals surface area (Å²) in [4.78, 5) is 27.3. The number of nitrogens with zero attached hydrogens (tertiary/aromatic N) is 1. The fourth-order valence-electron chi connectivity index (χ4n) is 1.45. The van der Waals surface area contributed by atoms with Crippen LogP contribution in [0, 0.1) is 5.92 Å². The Morgan fingerprint density at radius 3 is 2.79 bits per heavy atom. The van der Waals surface area contributed by atoms with Gasteiger partial charge in [0.1, 0.15) is 5.01 Å². The van der Waals surface area contributed by atoms with Crippen LogP contribution in [0.4, 0.5) is 4.79 Å². The number of hydrogen-bond acceptors (Lipinski definition) is 4. The van der Waals surface area contributed by atoms with Gasteiger partial charge in [-0.2, -0.15) is 0 Å². The predicted molar refractivity (Wildman–Crippen MR) is 73.1 cm³/mol. The summed E-state index contributed by atoms with van der Waals surface area (Å²) >= 11 is 1.58. The molecule has 1 aromatic heterocycles. The number of aryl methyl sites for hydroxylation is 1. The van der Waals surface area contributed by atoms with Crippen molar-refractivity contribution in [2.24, 2.45) is 5.92 Å². The lowest BCUT2D eigenvalue weighted by Crippen LogP contribution is -2.37. The monoisotopic (exact) mass is 285 g/mol. The Morgan fingerprint density at radius 1 is 1.47 bits per heavy atom. The van der Waals surface area contributed by atoms with E-state index in [4.69, 9.17) is 5.11 Å². The van der Waals surface area contributed by atoms with Gasteiger partial charge in [-0.3, -0.25) is 4.79 Å². The molecule has 3 N–H and O–H groups in total. The van der Waals surface area contributed by atoms with E-state index < -0.39 is 5.97 Å². The first-order valence-electron chi connectivity index (χ1n) is 6.18. The number of hydrogen-bond donors (Lipinski definition) is 3. The van der Waals surface area contributed by atoms with Crippen LogP contribution in [-0.2, 0) is 17.8 Å². The van der Waals surface area contributed by atoms with Crippen LogP contribution >= 0.6 is 11.3 Å². The number of amides is 2. The molecule has 0 saturated heterocycles. The fourth-order valence-corrected chi connectivity index (χ4v) is 2.25. The summed E-state index contributed by atoms with van der Waals surface area (Å²) in [6.07, 6.45) is 2.80. The van der Waals surface area contributed by atoms with Gasteiger partial charge in [0.2, 0.25) is 0 Å². The minimum Gasteiger partial charge on any atom is -0.481 e. The first kappa shape index (κ1) is 15.4. The molecule has 106 valence electrons. The second kappa shape index (κ2) is 7.73. The third-order valence-corrected chi connectivity index (χ3v) is 3.63. The van der Waals surface area contributed by atoms with E-state index in [1.54, 1.807) is 18.3 Å². The Morgan fingerprint density at radius 2 is 2.21 bits per heavy atom. The minimum absolute atomic E-state index is 0.0482. The first-order chi connectivity index (χ1) is 9.01. The van der Waals surface area contributed by atoms with Crippen molar-refractivity contribution < 1.29 is 14.7 Å².